The number of nitrogens with one attached hydrogen (secondary N) is 1. The number of allylic oxidation sites excluding steroid dienone is 1. The van der Waals surface area contributed by atoms with Crippen LogP contribution in [0.3, 0.4) is 0 Å². The Morgan fingerprint density at radius 2 is 2.25 bits per heavy atom. The van der Waals surface area contributed by atoms with E-state index in [2.05, 4.69) is 10.5 Å². The zero-order chi connectivity index (χ0) is 6.24. The van der Waals surface area contributed by atoms with E-state index in [0.29, 0.717) is 0 Å². The Bertz CT molecular complexity index is 72.5. The fraction of sp³-hybridized carbons (Fsp3) is 0.500. The van der Waals surface area contributed by atoms with Crippen LogP contribution in [0.15, 0.2) is 17.3 Å². The van der Waals surface area contributed by atoms with Crippen LogP contribution in [-0.4, -0.2) is 12.8 Å². The first kappa shape index (κ1) is 7.21. The van der Waals surface area contributed by atoms with Gasteiger partial charge < -0.3 is 5.43 Å². The molecule has 8 heavy (non-hydrogen) atoms. The molecule has 0 aliphatic rings. The van der Waals surface area contributed by atoms with Crippen LogP contribution >= 0.6 is 0 Å². The molecule has 0 aromatic carbocycles. The van der Waals surface area contributed by atoms with Crippen LogP contribution in [0.4, 0.5) is 0 Å². The van der Waals surface area contributed by atoms with Gasteiger partial charge in [0.1, 0.15) is 0 Å². The van der Waals surface area contributed by atoms with Crippen molar-refractivity contribution in [3.8, 4) is 0 Å². The Hall–Kier alpha value is -0.790. The number of hydrogen-bond acceptors (Lipinski definition) is 2. The van der Waals surface area contributed by atoms with E-state index >= 15 is 0 Å². The van der Waals surface area contributed by atoms with Crippen molar-refractivity contribution >= 4 is 6.21 Å². The third kappa shape index (κ3) is 5.21. The topological polar surface area (TPSA) is 24.4 Å². The summed E-state index contributed by atoms with van der Waals surface area (Å²) >= 11 is 0. The molecule has 0 saturated heterocycles. The fourth-order valence-corrected chi connectivity index (χ4v) is 0.315. The molecule has 0 aliphatic carbocycles. The zero-order valence-electron chi connectivity index (χ0n) is 5.39. The first-order valence-corrected chi connectivity index (χ1v) is 2.73. The van der Waals surface area contributed by atoms with Gasteiger partial charge in [0.2, 0.25) is 0 Å². The maximum absolute atomic E-state index is 3.78. The molecule has 0 atom stereocenters. The highest BCUT2D eigenvalue weighted by Gasteiger charge is 1.65. The minimum absolute atomic E-state index is 0.820. The Kier molecular flexibility index (Phi) is 5.60. The first-order valence-electron chi connectivity index (χ1n) is 2.73. The lowest BCUT2D eigenvalue weighted by Gasteiger charge is -1.88. The maximum Gasteiger partial charge on any atom is 0.0510 e. The molecule has 0 rings (SSSR count). The van der Waals surface area contributed by atoms with Gasteiger partial charge in [-0.05, 0) is 13.8 Å². The van der Waals surface area contributed by atoms with E-state index in [9.17, 15) is 0 Å². The van der Waals surface area contributed by atoms with Crippen molar-refractivity contribution in [2.45, 2.75) is 13.8 Å². The minimum atomic E-state index is 0.820. The van der Waals surface area contributed by atoms with Crippen LogP contribution in [0.25, 0.3) is 0 Å². The standard InChI is InChI=1S/C6H12N2/c1-3-5-6-8-7-4-2/h3-5,8H,6H2,1-2H3/b5-3-,7-4-. The summed E-state index contributed by atoms with van der Waals surface area (Å²) in [7, 11) is 0. The summed E-state index contributed by atoms with van der Waals surface area (Å²) in [5, 5.41) is 3.78. The third-order valence-corrected chi connectivity index (χ3v) is 0.665. The molecule has 0 heterocycles. The van der Waals surface area contributed by atoms with Crippen molar-refractivity contribution in [2.24, 2.45) is 5.10 Å². The van der Waals surface area contributed by atoms with Gasteiger partial charge in [-0.3, -0.25) is 0 Å². The van der Waals surface area contributed by atoms with Gasteiger partial charge in [-0.1, -0.05) is 12.2 Å². The summed E-state index contributed by atoms with van der Waals surface area (Å²) in [5.41, 5.74) is 2.82. The van der Waals surface area contributed by atoms with Crippen LogP contribution in [0.5, 0.6) is 0 Å². The van der Waals surface area contributed by atoms with E-state index in [-0.39, 0.29) is 0 Å². The highest BCUT2D eigenvalue weighted by Crippen LogP contribution is 1.65. The predicted molar refractivity (Wildman–Crippen MR) is 37.0 cm³/mol. The van der Waals surface area contributed by atoms with E-state index in [0.717, 1.165) is 6.54 Å². The van der Waals surface area contributed by atoms with Crippen molar-refractivity contribution in [1.29, 1.82) is 0 Å². The van der Waals surface area contributed by atoms with Gasteiger partial charge in [0.25, 0.3) is 0 Å². The molecule has 0 bridgehead atoms. The Balaban J connectivity index is 2.93. The van der Waals surface area contributed by atoms with E-state index in [4.69, 9.17) is 0 Å². The molecular weight excluding hydrogens is 100 g/mol. The molecule has 0 radical (unpaired) electrons. The number of hydrogen-bond donors (Lipinski definition) is 1. The van der Waals surface area contributed by atoms with Gasteiger partial charge in [-0.25, -0.2) is 0 Å². The van der Waals surface area contributed by atoms with Crippen LogP contribution in [0.1, 0.15) is 13.8 Å². The monoisotopic (exact) mass is 112 g/mol. The Labute approximate surface area is 50.3 Å². The van der Waals surface area contributed by atoms with Crippen LogP contribution in [0, 0.1) is 0 Å². The van der Waals surface area contributed by atoms with Gasteiger partial charge in [-0.15, -0.1) is 0 Å². The lowest BCUT2D eigenvalue weighted by atomic mass is 10.5. The van der Waals surface area contributed by atoms with E-state index in [1.807, 2.05) is 26.0 Å². The smallest absolute Gasteiger partial charge is 0.0510 e. The lowest BCUT2D eigenvalue weighted by molar-refractivity contribution is 0.829. The summed E-state index contributed by atoms with van der Waals surface area (Å²) in [4.78, 5) is 0. The predicted octanol–water partition coefficient (Wildman–Crippen LogP) is 1.16. The quantitative estimate of drug-likeness (QED) is 0.252. The summed E-state index contributed by atoms with van der Waals surface area (Å²) in [5.74, 6) is 0. The van der Waals surface area contributed by atoms with Crippen molar-refractivity contribution in [2.75, 3.05) is 6.54 Å². The summed E-state index contributed by atoms with van der Waals surface area (Å²) in [6.07, 6.45) is 5.72. The Morgan fingerprint density at radius 3 is 2.75 bits per heavy atom. The number of rotatable bonds is 3. The van der Waals surface area contributed by atoms with Crippen molar-refractivity contribution in [1.82, 2.24) is 5.43 Å². The van der Waals surface area contributed by atoms with Crippen LogP contribution < -0.4 is 5.43 Å². The molecule has 2 heteroatoms. The molecular formula is C6H12N2. The van der Waals surface area contributed by atoms with E-state index in [1.54, 1.807) is 6.21 Å². The molecule has 0 saturated carbocycles. The second-order valence-electron chi connectivity index (χ2n) is 1.32. The molecule has 0 aromatic rings. The summed E-state index contributed by atoms with van der Waals surface area (Å²) < 4.78 is 0. The molecule has 0 spiro atoms. The van der Waals surface area contributed by atoms with Crippen LogP contribution in [-0.2, 0) is 0 Å². The fourth-order valence-electron chi connectivity index (χ4n) is 0.315. The van der Waals surface area contributed by atoms with E-state index in [1.165, 1.54) is 0 Å². The van der Waals surface area contributed by atoms with Crippen LogP contribution in [0.2, 0.25) is 0 Å². The van der Waals surface area contributed by atoms with Gasteiger partial charge >= 0.3 is 0 Å². The average molecular weight is 112 g/mol. The summed E-state index contributed by atoms with van der Waals surface area (Å²) in [6.45, 7) is 4.68. The second kappa shape index (κ2) is 6.21. The van der Waals surface area contributed by atoms with Crippen molar-refractivity contribution in [3.63, 3.8) is 0 Å². The normalized spacial score (nSPS) is 11.2. The molecule has 0 amide bonds. The molecule has 1 N–H and O–H groups in total. The highest BCUT2D eigenvalue weighted by molar-refractivity contribution is 5.52. The largest absolute Gasteiger partial charge is 0.307 e. The molecule has 2 nitrogen and oxygen atoms in total. The van der Waals surface area contributed by atoms with Gasteiger partial charge in [0, 0.05) is 6.21 Å². The number of nitrogens with zero attached hydrogens (tertiary/aromatic N) is 1. The zero-order valence-corrected chi connectivity index (χ0v) is 5.39. The maximum atomic E-state index is 3.78. The van der Waals surface area contributed by atoms with Gasteiger partial charge in [0.15, 0.2) is 0 Å². The molecule has 0 aromatic heterocycles. The highest BCUT2D eigenvalue weighted by atomic mass is 15.3. The molecule has 0 aliphatic heterocycles. The van der Waals surface area contributed by atoms with Crippen molar-refractivity contribution in [3.05, 3.63) is 12.2 Å². The summed E-state index contributed by atoms with van der Waals surface area (Å²) in [6, 6.07) is 0. The minimum Gasteiger partial charge on any atom is -0.307 e. The average Bonchev–Trinajstić information content (AvgIpc) is 1.81. The second-order valence-corrected chi connectivity index (χ2v) is 1.32. The molecule has 46 valence electrons. The van der Waals surface area contributed by atoms with Gasteiger partial charge in [-0.2, -0.15) is 5.10 Å². The first-order chi connectivity index (χ1) is 3.91. The SMILES string of the molecule is C/C=C\CN/N=C\C. The van der Waals surface area contributed by atoms with Gasteiger partial charge in [0.05, 0.1) is 6.54 Å². The Morgan fingerprint density at radius 1 is 1.50 bits per heavy atom. The molecule has 0 unspecified atom stereocenters. The lowest BCUT2D eigenvalue weighted by Crippen LogP contribution is -2.03. The number of hydrazone groups is 1. The van der Waals surface area contributed by atoms with Crippen molar-refractivity contribution < 1.29 is 0 Å². The third-order valence-electron chi connectivity index (χ3n) is 0.665. The van der Waals surface area contributed by atoms with E-state index < -0.39 is 0 Å². The molecule has 0 fully saturated rings.